The smallest absolute Gasteiger partial charge is 0.317 e. The summed E-state index contributed by atoms with van der Waals surface area (Å²) < 4.78 is 4.85. The van der Waals surface area contributed by atoms with Crippen LogP contribution in [0.25, 0.3) is 0 Å². The molecule has 1 aliphatic heterocycles. The molecule has 1 fully saturated rings. The molecule has 0 N–H and O–H groups in total. The average Bonchev–Trinajstić information content (AvgIpc) is 2.32. The SMILES string of the molecule is C=CC[C@@H]1C(=O)O[C@H](CC)C1=O. The summed E-state index contributed by atoms with van der Waals surface area (Å²) in [7, 11) is 0. The summed E-state index contributed by atoms with van der Waals surface area (Å²) >= 11 is 0. The third-order valence-electron chi connectivity index (χ3n) is 1.98. The fraction of sp³-hybridized carbons (Fsp3) is 0.556. The van der Waals surface area contributed by atoms with Crippen LogP contribution in [-0.2, 0) is 14.3 Å². The van der Waals surface area contributed by atoms with Crippen molar-refractivity contribution in [1.29, 1.82) is 0 Å². The highest BCUT2D eigenvalue weighted by molar-refractivity contribution is 6.06. The normalized spacial score (nSPS) is 28.8. The van der Waals surface area contributed by atoms with E-state index in [1.165, 1.54) is 0 Å². The molecule has 2 atom stereocenters. The number of Topliss-reactive ketones (excluding diaryl/α,β-unsaturated/α-hetero) is 1. The first kappa shape index (κ1) is 8.97. The first-order chi connectivity index (χ1) is 5.70. The molecular weight excluding hydrogens is 156 g/mol. The summed E-state index contributed by atoms with van der Waals surface area (Å²) in [6.07, 6.45) is 2.02. The highest BCUT2D eigenvalue weighted by atomic mass is 16.6. The van der Waals surface area contributed by atoms with Gasteiger partial charge >= 0.3 is 5.97 Å². The van der Waals surface area contributed by atoms with E-state index in [0.717, 1.165) is 0 Å². The summed E-state index contributed by atoms with van der Waals surface area (Å²) in [6, 6.07) is 0. The number of hydrogen-bond donors (Lipinski definition) is 0. The topological polar surface area (TPSA) is 43.4 Å². The van der Waals surface area contributed by atoms with Gasteiger partial charge in [0.15, 0.2) is 11.9 Å². The Morgan fingerprint density at radius 1 is 1.58 bits per heavy atom. The minimum atomic E-state index is -0.590. The van der Waals surface area contributed by atoms with E-state index in [1.807, 2.05) is 6.92 Å². The van der Waals surface area contributed by atoms with Crippen LogP contribution < -0.4 is 0 Å². The number of cyclic esters (lactones) is 1. The molecule has 0 aliphatic carbocycles. The minimum Gasteiger partial charge on any atom is -0.454 e. The predicted octanol–water partition coefficient (Wildman–Crippen LogP) is 1.08. The molecule has 3 nitrogen and oxygen atoms in total. The van der Waals surface area contributed by atoms with Crippen molar-refractivity contribution >= 4 is 11.8 Å². The van der Waals surface area contributed by atoms with Gasteiger partial charge in [-0.1, -0.05) is 13.0 Å². The number of carbonyl (C=O) groups is 2. The molecule has 0 radical (unpaired) electrons. The number of ketones is 1. The van der Waals surface area contributed by atoms with Crippen LogP contribution in [0, 0.1) is 5.92 Å². The molecule has 0 aromatic carbocycles. The molecule has 1 aliphatic rings. The van der Waals surface area contributed by atoms with Crippen LogP contribution >= 0.6 is 0 Å². The zero-order valence-corrected chi connectivity index (χ0v) is 7.08. The molecule has 66 valence electrons. The van der Waals surface area contributed by atoms with Crippen LogP contribution in [0.2, 0.25) is 0 Å². The number of rotatable bonds is 3. The van der Waals surface area contributed by atoms with Gasteiger partial charge in [-0.05, 0) is 12.8 Å². The lowest BCUT2D eigenvalue weighted by Gasteiger charge is -2.01. The first-order valence-electron chi connectivity index (χ1n) is 4.05. The van der Waals surface area contributed by atoms with E-state index < -0.39 is 18.0 Å². The largest absolute Gasteiger partial charge is 0.454 e. The molecule has 0 unspecified atom stereocenters. The lowest BCUT2D eigenvalue weighted by Crippen LogP contribution is -2.19. The van der Waals surface area contributed by atoms with Gasteiger partial charge in [0.2, 0.25) is 0 Å². The quantitative estimate of drug-likeness (QED) is 0.360. The molecule has 1 saturated heterocycles. The standard InChI is InChI=1S/C9H12O3/c1-3-5-6-8(10)7(4-2)12-9(6)11/h3,6-7H,1,4-5H2,2H3/t6-,7+/m0/s1. The van der Waals surface area contributed by atoms with Gasteiger partial charge in [-0.15, -0.1) is 6.58 Å². The Bertz CT molecular complexity index is 220. The summed E-state index contributed by atoms with van der Waals surface area (Å²) in [5, 5.41) is 0. The molecule has 0 aromatic rings. The highest BCUT2D eigenvalue weighted by Crippen LogP contribution is 2.22. The average molecular weight is 168 g/mol. The molecule has 0 spiro atoms. The van der Waals surface area contributed by atoms with Gasteiger partial charge in [-0.2, -0.15) is 0 Å². The Kier molecular flexibility index (Phi) is 2.63. The van der Waals surface area contributed by atoms with Crippen LogP contribution in [0.15, 0.2) is 12.7 Å². The van der Waals surface area contributed by atoms with Crippen LogP contribution in [0.5, 0.6) is 0 Å². The van der Waals surface area contributed by atoms with Gasteiger partial charge in [0.1, 0.15) is 5.92 Å². The van der Waals surface area contributed by atoms with Crippen molar-refractivity contribution in [2.24, 2.45) is 5.92 Å². The third kappa shape index (κ3) is 1.40. The van der Waals surface area contributed by atoms with Gasteiger partial charge in [-0.25, -0.2) is 0 Å². The van der Waals surface area contributed by atoms with Gasteiger partial charge in [0.25, 0.3) is 0 Å². The van der Waals surface area contributed by atoms with Crippen LogP contribution in [0.4, 0.5) is 0 Å². The Morgan fingerprint density at radius 2 is 2.25 bits per heavy atom. The summed E-state index contributed by atoms with van der Waals surface area (Å²) in [4.78, 5) is 22.4. The summed E-state index contributed by atoms with van der Waals surface area (Å²) in [5.74, 6) is -1.08. The first-order valence-corrected chi connectivity index (χ1v) is 4.05. The minimum absolute atomic E-state index is 0.0950. The third-order valence-corrected chi connectivity index (χ3v) is 1.98. The molecule has 1 rings (SSSR count). The molecule has 3 heteroatoms. The highest BCUT2D eigenvalue weighted by Gasteiger charge is 2.41. The fourth-order valence-corrected chi connectivity index (χ4v) is 1.28. The maximum absolute atomic E-state index is 11.3. The molecule has 0 aromatic heterocycles. The van der Waals surface area contributed by atoms with E-state index in [4.69, 9.17) is 4.74 Å². The number of allylic oxidation sites excluding steroid dienone is 1. The number of hydrogen-bond acceptors (Lipinski definition) is 3. The second kappa shape index (κ2) is 3.52. The summed E-state index contributed by atoms with van der Waals surface area (Å²) in [6.45, 7) is 5.31. The molecule has 0 amide bonds. The van der Waals surface area contributed by atoms with E-state index >= 15 is 0 Å². The molecule has 0 saturated carbocycles. The van der Waals surface area contributed by atoms with Gasteiger partial charge in [0.05, 0.1) is 0 Å². The van der Waals surface area contributed by atoms with E-state index in [2.05, 4.69) is 6.58 Å². The van der Waals surface area contributed by atoms with Crippen LogP contribution in [-0.4, -0.2) is 17.9 Å². The number of ether oxygens (including phenoxy) is 1. The van der Waals surface area contributed by atoms with E-state index in [0.29, 0.717) is 12.8 Å². The van der Waals surface area contributed by atoms with Crippen molar-refractivity contribution < 1.29 is 14.3 Å². The number of esters is 1. The lowest BCUT2D eigenvalue weighted by molar-refractivity contribution is -0.144. The van der Waals surface area contributed by atoms with Gasteiger partial charge in [0, 0.05) is 0 Å². The van der Waals surface area contributed by atoms with Crippen molar-refractivity contribution in [1.82, 2.24) is 0 Å². The van der Waals surface area contributed by atoms with Crippen molar-refractivity contribution in [3.05, 3.63) is 12.7 Å². The van der Waals surface area contributed by atoms with Crippen molar-refractivity contribution in [2.75, 3.05) is 0 Å². The molecule has 12 heavy (non-hydrogen) atoms. The maximum atomic E-state index is 11.3. The van der Waals surface area contributed by atoms with E-state index in [-0.39, 0.29) is 5.78 Å². The van der Waals surface area contributed by atoms with Crippen LogP contribution in [0.3, 0.4) is 0 Å². The Hall–Kier alpha value is -1.12. The zero-order chi connectivity index (χ0) is 9.14. The monoisotopic (exact) mass is 168 g/mol. The van der Waals surface area contributed by atoms with Crippen molar-refractivity contribution in [3.8, 4) is 0 Å². The number of carbonyl (C=O) groups excluding carboxylic acids is 2. The molecule has 0 bridgehead atoms. The Morgan fingerprint density at radius 3 is 2.67 bits per heavy atom. The van der Waals surface area contributed by atoms with Crippen LogP contribution in [0.1, 0.15) is 19.8 Å². The predicted molar refractivity (Wildman–Crippen MR) is 43.5 cm³/mol. The molecule has 1 heterocycles. The lowest BCUT2D eigenvalue weighted by atomic mass is 9.99. The Labute approximate surface area is 71.4 Å². The second-order valence-electron chi connectivity index (χ2n) is 2.81. The van der Waals surface area contributed by atoms with E-state index in [9.17, 15) is 9.59 Å². The van der Waals surface area contributed by atoms with Gasteiger partial charge < -0.3 is 4.74 Å². The van der Waals surface area contributed by atoms with E-state index in [1.54, 1.807) is 6.08 Å². The Balaban J connectivity index is 2.70. The summed E-state index contributed by atoms with van der Waals surface area (Å²) in [5.41, 5.74) is 0. The zero-order valence-electron chi connectivity index (χ0n) is 7.08. The van der Waals surface area contributed by atoms with Crippen molar-refractivity contribution in [3.63, 3.8) is 0 Å². The fourth-order valence-electron chi connectivity index (χ4n) is 1.28. The van der Waals surface area contributed by atoms with Gasteiger partial charge in [-0.3, -0.25) is 9.59 Å². The second-order valence-corrected chi connectivity index (χ2v) is 2.81. The molecular formula is C9H12O3. The maximum Gasteiger partial charge on any atom is 0.317 e. The van der Waals surface area contributed by atoms with Crippen molar-refractivity contribution in [2.45, 2.75) is 25.9 Å².